The van der Waals surface area contributed by atoms with Crippen molar-refractivity contribution in [3.8, 4) is 0 Å². The van der Waals surface area contributed by atoms with E-state index in [4.69, 9.17) is 0 Å². The smallest absolute Gasteiger partial charge is 0.338 e. The van der Waals surface area contributed by atoms with Gasteiger partial charge in [0.2, 0.25) is 5.95 Å². The van der Waals surface area contributed by atoms with E-state index in [1.54, 1.807) is 0 Å². The number of rotatable bonds is 1. The Bertz CT molecular complexity index is 419. The minimum absolute atomic E-state index is 0.390. The van der Waals surface area contributed by atoms with Crippen molar-refractivity contribution in [3.05, 3.63) is 18.0 Å². The van der Waals surface area contributed by atoms with E-state index in [0.29, 0.717) is 18.0 Å². The van der Waals surface area contributed by atoms with Gasteiger partial charge in [-0.05, 0) is 12.8 Å². The second kappa shape index (κ2) is 4.08. The third-order valence-corrected chi connectivity index (χ3v) is 3.46. The first-order valence-corrected chi connectivity index (χ1v) is 5.92. The molecule has 1 aromatic rings. The number of hydrogen-bond acceptors (Lipinski definition) is 4. The zero-order chi connectivity index (χ0) is 12.8. The number of halogens is 3. The molecule has 0 amide bonds. The van der Waals surface area contributed by atoms with E-state index in [0.717, 1.165) is 38.3 Å². The average molecular weight is 258 g/mol. The number of anilines is 1. The maximum Gasteiger partial charge on any atom is 0.419 e. The molecule has 2 aliphatic heterocycles. The zero-order valence-corrected chi connectivity index (χ0v) is 9.61. The number of fused-ring (bicyclic) bond motifs is 2. The Morgan fingerprint density at radius 3 is 2.17 bits per heavy atom. The molecule has 1 aromatic heterocycles. The van der Waals surface area contributed by atoms with Crippen molar-refractivity contribution in [2.45, 2.75) is 31.1 Å². The van der Waals surface area contributed by atoms with Crippen LogP contribution < -0.4 is 10.2 Å². The second-order valence-electron chi connectivity index (χ2n) is 4.81. The lowest BCUT2D eigenvalue weighted by atomic mass is 10.2. The lowest BCUT2D eigenvalue weighted by Crippen LogP contribution is -2.51. The highest BCUT2D eigenvalue weighted by molar-refractivity contribution is 5.33. The summed E-state index contributed by atoms with van der Waals surface area (Å²) in [7, 11) is 0. The molecule has 2 saturated heterocycles. The SMILES string of the molecule is FC(F)(F)c1cnc(N2CC3CCC(C2)N3)nc1. The predicted molar refractivity (Wildman–Crippen MR) is 59.2 cm³/mol. The fourth-order valence-electron chi connectivity index (χ4n) is 2.59. The molecule has 0 saturated carbocycles. The molecule has 2 atom stereocenters. The van der Waals surface area contributed by atoms with Crippen molar-refractivity contribution in [1.82, 2.24) is 15.3 Å². The molecule has 98 valence electrons. The van der Waals surface area contributed by atoms with Gasteiger partial charge in [-0.3, -0.25) is 0 Å². The first-order chi connectivity index (χ1) is 8.52. The summed E-state index contributed by atoms with van der Waals surface area (Å²) >= 11 is 0. The van der Waals surface area contributed by atoms with Gasteiger partial charge in [0.1, 0.15) is 0 Å². The van der Waals surface area contributed by atoms with Crippen LogP contribution in [-0.2, 0) is 6.18 Å². The summed E-state index contributed by atoms with van der Waals surface area (Å²) in [5.74, 6) is 0.390. The zero-order valence-electron chi connectivity index (χ0n) is 9.61. The van der Waals surface area contributed by atoms with E-state index < -0.39 is 11.7 Å². The highest BCUT2D eigenvalue weighted by Gasteiger charge is 2.34. The maximum absolute atomic E-state index is 12.4. The quantitative estimate of drug-likeness (QED) is 0.827. The van der Waals surface area contributed by atoms with Crippen molar-refractivity contribution in [1.29, 1.82) is 0 Å². The molecule has 7 heteroatoms. The number of nitrogens with zero attached hydrogens (tertiary/aromatic N) is 3. The molecule has 4 nitrogen and oxygen atoms in total. The standard InChI is InChI=1S/C11H13F3N4/c12-11(13,14)7-3-15-10(16-4-7)18-5-8-1-2-9(6-18)17-8/h3-4,8-9,17H,1-2,5-6H2. The van der Waals surface area contributed by atoms with E-state index >= 15 is 0 Å². The minimum Gasteiger partial charge on any atom is -0.338 e. The Kier molecular flexibility index (Phi) is 2.65. The molecule has 1 N–H and O–H groups in total. The van der Waals surface area contributed by atoms with Crippen LogP contribution in [0.1, 0.15) is 18.4 Å². The van der Waals surface area contributed by atoms with Crippen LogP contribution in [0.5, 0.6) is 0 Å². The summed E-state index contributed by atoms with van der Waals surface area (Å²) in [5, 5.41) is 3.45. The highest BCUT2D eigenvalue weighted by atomic mass is 19.4. The van der Waals surface area contributed by atoms with Gasteiger partial charge in [-0.15, -0.1) is 0 Å². The number of nitrogens with one attached hydrogen (secondary N) is 1. The average Bonchev–Trinajstić information content (AvgIpc) is 2.67. The molecule has 2 unspecified atom stereocenters. The van der Waals surface area contributed by atoms with Crippen LogP contribution in [-0.4, -0.2) is 35.1 Å². The lowest BCUT2D eigenvalue weighted by Gasteiger charge is -2.32. The lowest BCUT2D eigenvalue weighted by molar-refractivity contribution is -0.138. The van der Waals surface area contributed by atoms with Crippen molar-refractivity contribution >= 4 is 5.95 Å². The van der Waals surface area contributed by atoms with Gasteiger partial charge < -0.3 is 10.2 Å². The van der Waals surface area contributed by atoms with Gasteiger partial charge >= 0.3 is 6.18 Å². The van der Waals surface area contributed by atoms with E-state index in [1.807, 2.05) is 4.90 Å². The molecule has 2 bridgehead atoms. The molecule has 0 radical (unpaired) electrons. The van der Waals surface area contributed by atoms with Gasteiger partial charge in [0.15, 0.2) is 0 Å². The Hall–Kier alpha value is -1.37. The van der Waals surface area contributed by atoms with E-state index in [-0.39, 0.29) is 0 Å². The van der Waals surface area contributed by atoms with Crippen LogP contribution in [0.15, 0.2) is 12.4 Å². The van der Waals surface area contributed by atoms with Gasteiger partial charge in [-0.25, -0.2) is 9.97 Å². The molecule has 3 heterocycles. The fraction of sp³-hybridized carbons (Fsp3) is 0.636. The molecule has 2 fully saturated rings. The Morgan fingerprint density at radius 1 is 1.11 bits per heavy atom. The number of hydrogen-bond donors (Lipinski definition) is 1. The number of alkyl halides is 3. The summed E-state index contributed by atoms with van der Waals surface area (Å²) < 4.78 is 37.2. The minimum atomic E-state index is -4.37. The summed E-state index contributed by atoms with van der Waals surface area (Å²) in [6.45, 7) is 1.53. The first-order valence-electron chi connectivity index (χ1n) is 5.92. The van der Waals surface area contributed by atoms with Gasteiger partial charge in [-0.1, -0.05) is 0 Å². The predicted octanol–water partition coefficient (Wildman–Crippen LogP) is 1.44. The van der Waals surface area contributed by atoms with E-state index in [1.165, 1.54) is 0 Å². The number of piperazine rings is 1. The van der Waals surface area contributed by atoms with E-state index in [2.05, 4.69) is 15.3 Å². The number of aromatic nitrogens is 2. The normalized spacial score (nSPS) is 27.6. The summed E-state index contributed by atoms with van der Waals surface area (Å²) in [4.78, 5) is 9.62. The van der Waals surface area contributed by atoms with Gasteiger partial charge in [-0.2, -0.15) is 13.2 Å². The summed E-state index contributed by atoms with van der Waals surface area (Å²) in [6.07, 6.45) is -0.441. The van der Waals surface area contributed by atoms with Crippen molar-refractivity contribution < 1.29 is 13.2 Å². The Labute approximate surface area is 102 Å². The second-order valence-corrected chi connectivity index (χ2v) is 4.81. The largest absolute Gasteiger partial charge is 0.419 e. The topological polar surface area (TPSA) is 41.1 Å². The molecule has 0 spiro atoms. The van der Waals surface area contributed by atoms with Gasteiger partial charge in [0.05, 0.1) is 5.56 Å². The highest BCUT2D eigenvalue weighted by Crippen LogP contribution is 2.29. The molecule has 0 aliphatic carbocycles. The van der Waals surface area contributed by atoms with Crippen LogP contribution in [0.4, 0.5) is 19.1 Å². The van der Waals surface area contributed by atoms with Gasteiger partial charge in [0.25, 0.3) is 0 Å². The van der Waals surface area contributed by atoms with Crippen LogP contribution in [0.3, 0.4) is 0 Å². The summed E-state index contributed by atoms with van der Waals surface area (Å²) in [5.41, 5.74) is -0.802. The first kappa shape index (κ1) is 11.7. The summed E-state index contributed by atoms with van der Waals surface area (Å²) in [6, 6.07) is 0.823. The fourth-order valence-corrected chi connectivity index (χ4v) is 2.59. The van der Waals surface area contributed by atoms with Crippen molar-refractivity contribution in [3.63, 3.8) is 0 Å². The molecule has 18 heavy (non-hydrogen) atoms. The molecule has 0 aromatic carbocycles. The van der Waals surface area contributed by atoms with Crippen molar-refractivity contribution in [2.24, 2.45) is 0 Å². The molecule has 2 aliphatic rings. The Morgan fingerprint density at radius 2 is 1.67 bits per heavy atom. The third kappa shape index (κ3) is 2.14. The Balaban J connectivity index is 1.77. The van der Waals surface area contributed by atoms with Gasteiger partial charge in [0, 0.05) is 37.6 Å². The van der Waals surface area contributed by atoms with Crippen LogP contribution in [0.2, 0.25) is 0 Å². The third-order valence-electron chi connectivity index (χ3n) is 3.46. The van der Waals surface area contributed by atoms with E-state index in [9.17, 15) is 13.2 Å². The molecule has 3 rings (SSSR count). The van der Waals surface area contributed by atoms with Crippen LogP contribution in [0.25, 0.3) is 0 Å². The van der Waals surface area contributed by atoms with Crippen LogP contribution >= 0.6 is 0 Å². The van der Waals surface area contributed by atoms with Crippen molar-refractivity contribution in [2.75, 3.05) is 18.0 Å². The van der Waals surface area contributed by atoms with Crippen LogP contribution in [0, 0.1) is 0 Å². The molecular formula is C11H13F3N4. The molecular weight excluding hydrogens is 245 g/mol. The maximum atomic E-state index is 12.4. The monoisotopic (exact) mass is 258 g/mol.